The lowest BCUT2D eigenvalue weighted by Gasteiger charge is -2.35. The highest BCUT2D eigenvalue weighted by Crippen LogP contribution is 2.39. The van der Waals surface area contributed by atoms with Gasteiger partial charge in [0.25, 0.3) is 0 Å². The Balaban J connectivity index is 1.82. The molecule has 0 amide bonds. The van der Waals surface area contributed by atoms with Crippen molar-refractivity contribution in [3.63, 3.8) is 0 Å². The second kappa shape index (κ2) is 5.49. The molecule has 6 heteroatoms. The Labute approximate surface area is 134 Å². The van der Waals surface area contributed by atoms with Crippen LogP contribution in [0.5, 0.6) is 0 Å². The van der Waals surface area contributed by atoms with Crippen molar-refractivity contribution in [3.8, 4) is 11.3 Å². The van der Waals surface area contributed by atoms with Gasteiger partial charge in [0.1, 0.15) is 5.57 Å². The van der Waals surface area contributed by atoms with Crippen LogP contribution in [0, 0.1) is 0 Å². The van der Waals surface area contributed by atoms with Gasteiger partial charge in [-0.2, -0.15) is 0 Å². The van der Waals surface area contributed by atoms with Gasteiger partial charge in [0.05, 0.1) is 16.9 Å². The molecule has 1 aromatic carbocycles. The predicted molar refractivity (Wildman–Crippen MR) is 93.7 cm³/mol. The smallest absolute Gasteiger partial charge is 0.399 e. The van der Waals surface area contributed by atoms with Crippen molar-refractivity contribution in [2.75, 3.05) is 0 Å². The molecule has 3 rings (SSSR count). The lowest BCUT2D eigenvalue weighted by atomic mass is 9.79. The fraction of sp³-hybridized carbons (Fsp3) is 0.438. The van der Waals surface area contributed by atoms with E-state index in [4.69, 9.17) is 9.31 Å². The van der Waals surface area contributed by atoms with Gasteiger partial charge in [0.2, 0.25) is 0 Å². The molecular formula is C16H22BN2O2P. The number of aromatic nitrogens is 2. The van der Waals surface area contributed by atoms with E-state index < -0.39 is 0 Å². The summed E-state index contributed by atoms with van der Waals surface area (Å²) in [5.74, 6) is 0. The third-order valence-electron chi connectivity index (χ3n) is 4.79. The molecule has 1 N–H and O–H groups in total. The van der Waals surface area contributed by atoms with E-state index in [1.54, 1.807) is 0 Å². The number of nitrogens with zero attached hydrogens (tertiary/aromatic N) is 1. The highest BCUT2D eigenvalue weighted by atomic mass is 31.0. The summed E-state index contributed by atoms with van der Waals surface area (Å²) in [5, 5.41) is 0. The monoisotopic (exact) mass is 316 g/mol. The van der Waals surface area contributed by atoms with Gasteiger partial charge >= 0.3 is 7.12 Å². The number of hydrogen-bond acceptors (Lipinski definition) is 3. The number of nitrogens with one attached hydrogen (secondary N) is 1. The van der Waals surface area contributed by atoms with Gasteiger partial charge in [-0.05, 0) is 32.7 Å². The molecule has 4 nitrogen and oxygen atoms in total. The van der Waals surface area contributed by atoms with Crippen molar-refractivity contribution in [3.05, 3.63) is 30.5 Å². The van der Waals surface area contributed by atoms with Crippen molar-refractivity contribution < 1.29 is 9.31 Å². The molecule has 1 fully saturated rings. The Morgan fingerprint density at radius 1 is 1.18 bits per heavy atom. The van der Waals surface area contributed by atoms with Gasteiger partial charge in [-0.1, -0.05) is 40.4 Å². The molecule has 1 aromatic heterocycles. The number of hydrogen-bond donors (Lipinski definition) is 1. The normalized spacial score (nSPS) is 24.0. The van der Waals surface area contributed by atoms with Crippen LogP contribution in [0.25, 0.3) is 11.3 Å². The number of rotatable bonds is 3. The van der Waals surface area contributed by atoms with Crippen LogP contribution < -0.4 is 11.0 Å². The molecular weight excluding hydrogens is 294 g/mol. The molecule has 2 heterocycles. The Bertz CT molecular complexity index is 671. The molecule has 116 valence electrons. The summed E-state index contributed by atoms with van der Waals surface area (Å²) in [7, 11) is 2.25. The van der Waals surface area contributed by atoms with Crippen LogP contribution >= 0.6 is 9.24 Å². The minimum absolute atomic E-state index is 0.271. The third-order valence-corrected chi connectivity index (χ3v) is 5.09. The van der Waals surface area contributed by atoms with E-state index in [9.17, 15) is 0 Å². The first kappa shape index (κ1) is 15.7. The maximum atomic E-state index is 6.20. The quantitative estimate of drug-likeness (QED) is 0.698. The average molecular weight is 316 g/mol. The SMILES string of the molecule is CCC1(C)OB(c2ccc(-c3c[nH]c(P)n3)cc2)OC1(C)C. The summed E-state index contributed by atoms with van der Waals surface area (Å²) < 4.78 is 12.3. The molecule has 1 saturated heterocycles. The fourth-order valence-electron chi connectivity index (χ4n) is 2.74. The summed E-state index contributed by atoms with van der Waals surface area (Å²) in [6.45, 7) is 8.43. The summed E-state index contributed by atoms with van der Waals surface area (Å²) in [4.78, 5) is 7.48. The van der Waals surface area contributed by atoms with E-state index in [2.05, 4.69) is 71.2 Å². The van der Waals surface area contributed by atoms with E-state index in [1.807, 2.05) is 6.20 Å². The number of H-pyrrole nitrogens is 1. The predicted octanol–water partition coefficient (Wildman–Crippen LogP) is 2.27. The standard InChI is InChI=1S/C16H22BN2O2P/c1-5-16(4)15(2,3)20-17(21-16)12-8-6-11(7-9-12)13-10-18-14(22)19-13/h6-10H,5,22H2,1-4H3,(H,18,19). The van der Waals surface area contributed by atoms with Crippen LogP contribution in [0.4, 0.5) is 0 Å². The van der Waals surface area contributed by atoms with Crippen molar-refractivity contribution in [2.45, 2.75) is 45.3 Å². The maximum absolute atomic E-state index is 6.20. The zero-order valence-electron chi connectivity index (χ0n) is 13.5. The molecule has 0 radical (unpaired) electrons. The van der Waals surface area contributed by atoms with E-state index in [1.165, 1.54) is 0 Å². The number of benzene rings is 1. The second-order valence-electron chi connectivity index (χ2n) is 6.46. The average Bonchev–Trinajstić information content (AvgIpc) is 3.02. The Hall–Kier alpha value is -1.16. The fourth-order valence-corrected chi connectivity index (χ4v) is 2.96. The summed E-state index contributed by atoms with van der Waals surface area (Å²) in [6, 6.07) is 8.21. The van der Waals surface area contributed by atoms with Gasteiger partial charge in [-0.15, -0.1) is 0 Å². The van der Waals surface area contributed by atoms with E-state index in [0.29, 0.717) is 0 Å². The van der Waals surface area contributed by atoms with Gasteiger partial charge in [-0.25, -0.2) is 4.98 Å². The highest BCUT2D eigenvalue weighted by molar-refractivity contribution is 7.26. The first-order valence-corrected chi connectivity index (χ1v) is 8.19. The Morgan fingerprint density at radius 2 is 1.86 bits per heavy atom. The van der Waals surface area contributed by atoms with Gasteiger partial charge < -0.3 is 14.3 Å². The topological polar surface area (TPSA) is 47.1 Å². The minimum Gasteiger partial charge on any atom is -0.399 e. The zero-order valence-corrected chi connectivity index (χ0v) is 14.7. The second-order valence-corrected chi connectivity index (χ2v) is 7.00. The van der Waals surface area contributed by atoms with Crippen molar-refractivity contribution >= 4 is 27.4 Å². The summed E-state index contributed by atoms with van der Waals surface area (Å²) >= 11 is 0. The van der Waals surface area contributed by atoms with Crippen LogP contribution in [0.1, 0.15) is 34.1 Å². The lowest BCUT2D eigenvalue weighted by molar-refractivity contribution is -0.0118. The molecule has 1 aliphatic rings. The van der Waals surface area contributed by atoms with Crippen LogP contribution in [0.15, 0.2) is 30.5 Å². The van der Waals surface area contributed by atoms with Crippen LogP contribution in [-0.4, -0.2) is 28.3 Å². The molecule has 0 spiro atoms. The Morgan fingerprint density at radius 3 is 2.36 bits per heavy atom. The van der Waals surface area contributed by atoms with Crippen LogP contribution in [0.2, 0.25) is 0 Å². The molecule has 2 atom stereocenters. The molecule has 0 bridgehead atoms. The first-order chi connectivity index (χ1) is 10.3. The number of aromatic amines is 1. The maximum Gasteiger partial charge on any atom is 0.494 e. The van der Waals surface area contributed by atoms with E-state index in [0.717, 1.165) is 28.7 Å². The van der Waals surface area contributed by atoms with Crippen LogP contribution in [-0.2, 0) is 9.31 Å². The largest absolute Gasteiger partial charge is 0.494 e. The van der Waals surface area contributed by atoms with Crippen molar-refractivity contribution in [1.82, 2.24) is 9.97 Å². The molecule has 0 aliphatic carbocycles. The minimum atomic E-state index is -0.314. The molecule has 0 saturated carbocycles. The number of imidazole rings is 1. The highest BCUT2D eigenvalue weighted by Gasteiger charge is 2.53. The third kappa shape index (κ3) is 2.62. The Kier molecular flexibility index (Phi) is 3.92. The van der Waals surface area contributed by atoms with Gasteiger partial charge in [0.15, 0.2) is 0 Å². The van der Waals surface area contributed by atoms with Crippen molar-refractivity contribution in [1.29, 1.82) is 0 Å². The van der Waals surface area contributed by atoms with Gasteiger partial charge in [-0.3, -0.25) is 0 Å². The lowest BCUT2D eigenvalue weighted by Crippen LogP contribution is -2.44. The molecule has 2 aromatic rings. The molecule has 22 heavy (non-hydrogen) atoms. The van der Waals surface area contributed by atoms with Gasteiger partial charge in [0, 0.05) is 11.8 Å². The van der Waals surface area contributed by atoms with E-state index >= 15 is 0 Å². The van der Waals surface area contributed by atoms with E-state index in [-0.39, 0.29) is 18.3 Å². The van der Waals surface area contributed by atoms with Crippen molar-refractivity contribution in [2.24, 2.45) is 0 Å². The first-order valence-electron chi connectivity index (χ1n) is 7.61. The summed E-state index contributed by atoms with van der Waals surface area (Å²) in [6.07, 6.45) is 2.82. The molecule has 2 unspecified atom stereocenters. The molecule has 1 aliphatic heterocycles. The summed E-state index contributed by atoms with van der Waals surface area (Å²) in [5.41, 5.74) is 3.31. The van der Waals surface area contributed by atoms with Crippen LogP contribution in [0.3, 0.4) is 0 Å². The zero-order chi connectivity index (χ0) is 16.0.